The fourth-order valence-corrected chi connectivity index (χ4v) is 5.93. The third-order valence-corrected chi connectivity index (χ3v) is 8.28. The average Bonchev–Trinajstić information content (AvgIpc) is 3.13. The largest absolute Gasteiger partial charge is 0.378 e. The molecule has 3 aliphatic rings. The topological polar surface area (TPSA) is 75.7 Å². The smallest absolute Gasteiger partial charge is 0.244 e. The lowest BCUT2D eigenvalue weighted by Gasteiger charge is -2.41. The van der Waals surface area contributed by atoms with E-state index in [0.29, 0.717) is 44.9 Å². The van der Waals surface area contributed by atoms with Gasteiger partial charge < -0.3 is 15.0 Å². The average molecular weight is 373 g/mol. The van der Waals surface area contributed by atoms with Crippen LogP contribution < -0.4 is 5.32 Å². The molecule has 0 spiro atoms. The normalized spacial score (nSPS) is 26.0. The lowest BCUT2D eigenvalue weighted by molar-refractivity contribution is -0.137. The highest BCUT2D eigenvalue weighted by molar-refractivity contribution is 7.92. The van der Waals surface area contributed by atoms with Crippen molar-refractivity contribution in [2.24, 2.45) is 5.92 Å². The number of sulfone groups is 1. The molecule has 144 valence electrons. The molecule has 0 atom stereocenters. The molecule has 2 heterocycles. The highest BCUT2D eigenvalue weighted by Gasteiger charge is 2.50. The summed E-state index contributed by atoms with van der Waals surface area (Å²) in [6.07, 6.45) is 9.02. The van der Waals surface area contributed by atoms with Crippen LogP contribution >= 0.6 is 0 Å². The third-order valence-electron chi connectivity index (χ3n) is 6.28. The van der Waals surface area contributed by atoms with Crippen LogP contribution in [0.15, 0.2) is 0 Å². The Bertz CT molecular complexity index is 558. The van der Waals surface area contributed by atoms with Crippen molar-refractivity contribution in [1.82, 2.24) is 10.2 Å². The number of carbonyl (C=O) groups excluding carboxylic acids is 1. The van der Waals surface area contributed by atoms with Gasteiger partial charge in [-0.3, -0.25) is 4.79 Å². The standard InChI is InChI=1S/C18H32N2O4S/c1-25(22,23)18(8-10-19-11-9-18)17(21)20-12-6-16(7-13-20)24-14-15-4-2-3-5-15/h15-16,19H,2-14H2,1H3. The van der Waals surface area contributed by atoms with Crippen LogP contribution in [-0.2, 0) is 19.4 Å². The van der Waals surface area contributed by atoms with E-state index in [9.17, 15) is 13.2 Å². The first-order valence-electron chi connectivity index (χ1n) is 9.74. The van der Waals surface area contributed by atoms with Gasteiger partial charge >= 0.3 is 0 Å². The van der Waals surface area contributed by atoms with Gasteiger partial charge in [0.05, 0.1) is 6.10 Å². The van der Waals surface area contributed by atoms with Crippen LogP contribution in [0, 0.1) is 5.92 Å². The van der Waals surface area contributed by atoms with Gasteiger partial charge in [0.25, 0.3) is 0 Å². The number of amides is 1. The minimum atomic E-state index is -3.43. The molecule has 0 aromatic rings. The lowest BCUT2D eigenvalue weighted by Crippen LogP contribution is -2.59. The Balaban J connectivity index is 1.54. The zero-order valence-corrected chi connectivity index (χ0v) is 16.2. The van der Waals surface area contributed by atoms with Crippen LogP contribution in [0.25, 0.3) is 0 Å². The number of nitrogens with one attached hydrogen (secondary N) is 1. The number of likely N-dealkylation sites (tertiary alicyclic amines) is 1. The monoisotopic (exact) mass is 372 g/mol. The van der Waals surface area contributed by atoms with E-state index in [0.717, 1.165) is 19.4 Å². The van der Waals surface area contributed by atoms with Gasteiger partial charge in [-0.2, -0.15) is 0 Å². The quantitative estimate of drug-likeness (QED) is 0.788. The Morgan fingerprint density at radius 1 is 1.12 bits per heavy atom. The summed E-state index contributed by atoms with van der Waals surface area (Å²) >= 11 is 0. The maximum atomic E-state index is 13.1. The zero-order valence-electron chi connectivity index (χ0n) is 15.3. The number of ether oxygens (including phenoxy) is 1. The van der Waals surface area contributed by atoms with E-state index in [4.69, 9.17) is 4.74 Å². The van der Waals surface area contributed by atoms with Crippen LogP contribution in [0.3, 0.4) is 0 Å². The van der Waals surface area contributed by atoms with Crippen molar-refractivity contribution in [3.63, 3.8) is 0 Å². The number of rotatable bonds is 5. The van der Waals surface area contributed by atoms with Crippen LogP contribution in [0.1, 0.15) is 51.4 Å². The number of piperidine rings is 2. The van der Waals surface area contributed by atoms with Gasteiger partial charge in [-0.05, 0) is 57.5 Å². The van der Waals surface area contributed by atoms with Gasteiger partial charge in [-0.25, -0.2) is 8.42 Å². The third kappa shape index (κ3) is 4.19. The first-order chi connectivity index (χ1) is 11.9. The van der Waals surface area contributed by atoms with E-state index in [1.54, 1.807) is 4.90 Å². The van der Waals surface area contributed by atoms with Crippen molar-refractivity contribution in [2.75, 3.05) is 39.0 Å². The summed E-state index contributed by atoms with van der Waals surface area (Å²) in [6.45, 7) is 3.23. The van der Waals surface area contributed by atoms with Gasteiger partial charge in [0.1, 0.15) is 0 Å². The maximum absolute atomic E-state index is 13.1. The molecule has 3 fully saturated rings. The summed E-state index contributed by atoms with van der Waals surface area (Å²) in [5, 5.41) is 3.16. The predicted molar refractivity (Wildman–Crippen MR) is 97.2 cm³/mol. The molecule has 0 bridgehead atoms. The molecule has 6 nitrogen and oxygen atoms in total. The highest BCUT2D eigenvalue weighted by atomic mass is 32.2. The lowest BCUT2D eigenvalue weighted by atomic mass is 9.94. The van der Waals surface area contributed by atoms with E-state index in [-0.39, 0.29) is 12.0 Å². The van der Waals surface area contributed by atoms with Gasteiger partial charge in [0.2, 0.25) is 5.91 Å². The number of carbonyl (C=O) groups is 1. The molecule has 3 rings (SSSR count). The van der Waals surface area contributed by atoms with Crippen molar-refractivity contribution in [3.8, 4) is 0 Å². The van der Waals surface area contributed by atoms with Crippen LogP contribution in [0.2, 0.25) is 0 Å². The van der Waals surface area contributed by atoms with Crippen molar-refractivity contribution in [2.45, 2.75) is 62.2 Å². The van der Waals surface area contributed by atoms with E-state index in [1.165, 1.54) is 31.9 Å². The first kappa shape index (κ1) is 19.1. The minimum Gasteiger partial charge on any atom is -0.378 e. The molecule has 0 aromatic heterocycles. The van der Waals surface area contributed by atoms with E-state index < -0.39 is 14.6 Å². The molecular weight excluding hydrogens is 340 g/mol. The van der Waals surface area contributed by atoms with E-state index in [1.807, 2.05) is 0 Å². The van der Waals surface area contributed by atoms with Crippen molar-refractivity contribution < 1.29 is 17.9 Å². The minimum absolute atomic E-state index is 0.189. The fraction of sp³-hybridized carbons (Fsp3) is 0.944. The molecule has 25 heavy (non-hydrogen) atoms. The second-order valence-corrected chi connectivity index (χ2v) is 10.3. The van der Waals surface area contributed by atoms with E-state index >= 15 is 0 Å². The Morgan fingerprint density at radius 3 is 2.28 bits per heavy atom. The van der Waals surface area contributed by atoms with Crippen LogP contribution in [0.5, 0.6) is 0 Å². The number of nitrogens with zero attached hydrogens (tertiary/aromatic N) is 1. The van der Waals surface area contributed by atoms with Crippen LogP contribution in [0.4, 0.5) is 0 Å². The van der Waals surface area contributed by atoms with Crippen molar-refractivity contribution >= 4 is 15.7 Å². The molecular formula is C18H32N2O4S. The molecule has 1 amide bonds. The summed E-state index contributed by atoms with van der Waals surface area (Å²) in [4.78, 5) is 14.8. The molecule has 2 saturated heterocycles. The van der Waals surface area contributed by atoms with Gasteiger partial charge in [0.15, 0.2) is 14.6 Å². The Labute approximate surface area is 151 Å². The second kappa shape index (κ2) is 7.92. The fourth-order valence-electron chi connectivity index (χ4n) is 4.54. The SMILES string of the molecule is CS(=O)(=O)C1(C(=O)N2CCC(OCC3CCCC3)CC2)CCNCC1. The molecule has 1 saturated carbocycles. The Hall–Kier alpha value is -0.660. The molecule has 1 N–H and O–H groups in total. The van der Waals surface area contributed by atoms with Gasteiger partial charge in [-0.15, -0.1) is 0 Å². The highest BCUT2D eigenvalue weighted by Crippen LogP contribution is 2.32. The maximum Gasteiger partial charge on any atom is 0.244 e. The molecule has 0 aromatic carbocycles. The predicted octanol–water partition coefficient (Wildman–Crippen LogP) is 1.35. The van der Waals surface area contributed by atoms with E-state index in [2.05, 4.69) is 5.32 Å². The zero-order chi connectivity index (χ0) is 17.9. The Kier molecular flexibility index (Phi) is 6.06. The number of hydrogen-bond acceptors (Lipinski definition) is 5. The summed E-state index contributed by atoms with van der Waals surface area (Å²) in [5.74, 6) is 0.522. The summed E-state index contributed by atoms with van der Waals surface area (Å²) in [6, 6.07) is 0. The van der Waals surface area contributed by atoms with Crippen molar-refractivity contribution in [1.29, 1.82) is 0 Å². The molecule has 0 unspecified atom stereocenters. The molecule has 1 aliphatic carbocycles. The summed E-state index contributed by atoms with van der Waals surface area (Å²) in [7, 11) is -3.43. The Morgan fingerprint density at radius 2 is 1.72 bits per heavy atom. The molecule has 2 aliphatic heterocycles. The van der Waals surface area contributed by atoms with Gasteiger partial charge in [0, 0.05) is 26.0 Å². The summed E-state index contributed by atoms with van der Waals surface area (Å²) in [5.41, 5.74) is 0. The van der Waals surface area contributed by atoms with Crippen molar-refractivity contribution in [3.05, 3.63) is 0 Å². The molecule has 0 radical (unpaired) electrons. The number of hydrogen-bond donors (Lipinski definition) is 1. The summed E-state index contributed by atoms with van der Waals surface area (Å²) < 4.78 is 29.7. The first-order valence-corrected chi connectivity index (χ1v) is 11.6. The second-order valence-electron chi connectivity index (χ2n) is 7.99. The van der Waals surface area contributed by atoms with Crippen LogP contribution in [-0.4, -0.2) is 69.1 Å². The molecule has 7 heteroatoms. The van der Waals surface area contributed by atoms with Gasteiger partial charge in [-0.1, -0.05) is 12.8 Å².